The molecule has 7 heteroatoms. The van der Waals surface area contributed by atoms with E-state index in [9.17, 15) is 13.6 Å². The van der Waals surface area contributed by atoms with Crippen molar-refractivity contribution in [3.8, 4) is 0 Å². The van der Waals surface area contributed by atoms with E-state index >= 15 is 0 Å². The summed E-state index contributed by atoms with van der Waals surface area (Å²) in [6.45, 7) is 1.42. The Balaban J connectivity index is 1.39. The van der Waals surface area contributed by atoms with E-state index in [4.69, 9.17) is 0 Å². The van der Waals surface area contributed by atoms with E-state index in [1.54, 1.807) is 0 Å². The van der Waals surface area contributed by atoms with Gasteiger partial charge >= 0.3 is 6.03 Å². The zero-order valence-corrected chi connectivity index (χ0v) is 13.7. The molecule has 0 atom stereocenters. The van der Waals surface area contributed by atoms with Crippen LogP contribution in [0, 0.1) is 0 Å². The molecule has 0 aromatic carbocycles. The highest BCUT2D eigenvalue weighted by Gasteiger charge is 2.35. The lowest BCUT2D eigenvalue weighted by atomic mass is 9.92. The minimum Gasteiger partial charge on any atom is -0.370 e. The Morgan fingerprint density at radius 1 is 1.33 bits per heavy atom. The second kappa shape index (κ2) is 7.32. The highest BCUT2D eigenvalue weighted by Crippen LogP contribution is 2.32. The summed E-state index contributed by atoms with van der Waals surface area (Å²) in [6, 6.07) is 3.64. The average molecular weight is 338 g/mol. The first-order valence-electron chi connectivity index (χ1n) is 8.67. The number of nitrogens with one attached hydrogen (secondary N) is 3. The molecule has 24 heavy (non-hydrogen) atoms. The number of hydrogen-bond acceptors (Lipinski definition) is 3. The van der Waals surface area contributed by atoms with E-state index in [1.807, 2.05) is 6.07 Å². The SMILES string of the molecule is O=C(NCCc1ccc2c(n1)NCCC2)NC1CCC(F)(F)CC1. The van der Waals surface area contributed by atoms with Gasteiger partial charge in [-0.25, -0.2) is 18.6 Å². The summed E-state index contributed by atoms with van der Waals surface area (Å²) in [7, 11) is 0. The van der Waals surface area contributed by atoms with Gasteiger partial charge in [0.25, 0.3) is 0 Å². The Bertz CT molecular complexity index is 584. The van der Waals surface area contributed by atoms with Crippen LogP contribution < -0.4 is 16.0 Å². The summed E-state index contributed by atoms with van der Waals surface area (Å²) in [5.74, 6) is -1.62. The fraction of sp³-hybridized carbons (Fsp3) is 0.647. The second-order valence-electron chi connectivity index (χ2n) is 6.62. The monoisotopic (exact) mass is 338 g/mol. The zero-order valence-electron chi connectivity index (χ0n) is 13.7. The number of aromatic nitrogens is 1. The zero-order chi connectivity index (χ0) is 17.0. The van der Waals surface area contributed by atoms with Crippen molar-refractivity contribution in [3.63, 3.8) is 0 Å². The van der Waals surface area contributed by atoms with Gasteiger partial charge in [0.15, 0.2) is 0 Å². The van der Waals surface area contributed by atoms with Crippen molar-refractivity contribution in [1.29, 1.82) is 0 Å². The topological polar surface area (TPSA) is 66.0 Å². The maximum Gasteiger partial charge on any atom is 0.315 e. The second-order valence-corrected chi connectivity index (χ2v) is 6.62. The van der Waals surface area contributed by atoms with Crippen LogP contribution in [-0.4, -0.2) is 36.1 Å². The third-order valence-corrected chi connectivity index (χ3v) is 4.67. The Kier molecular flexibility index (Phi) is 5.16. The number of rotatable bonds is 4. The van der Waals surface area contributed by atoms with E-state index in [1.165, 1.54) is 5.56 Å². The molecular weight excluding hydrogens is 314 g/mol. The predicted octanol–water partition coefficient (Wildman–Crippen LogP) is 2.86. The lowest BCUT2D eigenvalue weighted by Gasteiger charge is -2.28. The highest BCUT2D eigenvalue weighted by atomic mass is 19.3. The number of carbonyl (C=O) groups excluding carboxylic acids is 1. The van der Waals surface area contributed by atoms with Gasteiger partial charge in [-0.15, -0.1) is 0 Å². The predicted molar refractivity (Wildman–Crippen MR) is 88.5 cm³/mol. The molecule has 3 rings (SSSR count). The number of alkyl halides is 2. The molecule has 0 spiro atoms. The summed E-state index contributed by atoms with van der Waals surface area (Å²) in [4.78, 5) is 16.4. The lowest BCUT2D eigenvalue weighted by Crippen LogP contribution is -2.45. The third-order valence-electron chi connectivity index (χ3n) is 4.67. The first-order chi connectivity index (χ1) is 11.5. The number of amides is 2. The first kappa shape index (κ1) is 16.9. The van der Waals surface area contributed by atoms with Crippen LogP contribution >= 0.6 is 0 Å². The molecular formula is C17H24F2N4O. The molecule has 3 N–H and O–H groups in total. The quantitative estimate of drug-likeness (QED) is 0.791. The van der Waals surface area contributed by atoms with Crippen LogP contribution in [0.5, 0.6) is 0 Å². The van der Waals surface area contributed by atoms with Gasteiger partial charge in [0.2, 0.25) is 5.92 Å². The molecule has 1 fully saturated rings. The molecule has 2 heterocycles. The molecule has 1 aliphatic heterocycles. The minimum atomic E-state index is -2.57. The van der Waals surface area contributed by atoms with Gasteiger partial charge < -0.3 is 16.0 Å². The van der Waals surface area contributed by atoms with Crippen molar-refractivity contribution in [2.45, 2.75) is 56.9 Å². The molecule has 0 saturated heterocycles. The van der Waals surface area contributed by atoms with Crippen molar-refractivity contribution in [1.82, 2.24) is 15.6 Å². The molecule has 2 aliphatic rings. The van der Waals surface area contributed by atoms with Gasteiger partial charge in [0.1, 0.15) is 5.82 Å². The lowest BCUT2D eigenvalue weighted by molar-refractivity contribution is -0.0395. The van der Waals surface area contributed by atoms with Crippen LogP contribution in [-0.2, 0) is 12.8 Å². The molecule has 1 aromatic heterocycles. The molecule has 0 unspecified atom stereocenters. The van der Waals surface area contributed by atoms with Crippen LogP contribution in [0.25, 0.3) is 0 Å². The first-order valence-corrected chi connectivity index (χ1v) is 8.67. The average Bonchev–Trinajstić information content (AvgIpc) is 2.57. The molecule has 1 aromatic rings. The van der Waals surface area contributed by atoms with Crippen molar-refractivity contribution >= 4 is 11.8 Å². The number of carbonyl (C=O) groups is 1. The van der Waals surface area contributed by atoms with Gasteiger partial charge in [-0.2, -0.15) is 0 Å². The number of hydrogen-bond donors (Lipinski definition) is 3. The van der Waals surface area contributed by atoms with Crippen LogP contribution in [0.15, 0.2) is 12.1 Å². The summed E-state index contributed by atoms with van der Waals surface area (Å²) in [5.41, 5.74) is 2.17. The summed E-state index contributed by atoms with van der Waals surface area (Å²) < 4.78 is 26.2. The van der Waals surface area contributed by atoms with Gasteiger partial charge in [-0.1, -0.05) is 6.07 Å². The fourth-order valence-electron chi connectivity index (χ4n) is 3.23. The van der Waals surface area contributed by atoms with E-state index < -0.39 is 5.92 Å². The van der Waals surface area contributed by atoms with E-state index in [0.29, 0.717) is 25.8 Å². The smallest absolute Gasteiger partial charge is 0.315 e. The summed E-state index contributed by atoms with van der Waals surface area (Å²) >= 11 is 0. The maximum absolute atomic E-state index is 13.1. The molecule has 5 nitrogen and oxygen atoms in total. The number of pyridine rings is 1. The Labute approximate surface area is 140 Å². The summed E-state index contributed by atoms with van der Waals surface area (Å²) in [6.07, 6.45) is 3.19. The van der Waals surface area contributed by atoms with Crippen LogP contribution in [0.4, 0.5) is 19.4 Å². The Morgan fingerprint density at radius 2 is 2.12 bits per heavy atom. The van der Waals surface area contributed by atoms with Gasteiger partial charge in [-0.05, 0) is 37.3 Å². The van der Waals surface area contributed by atoms with Crippen LogP contribution in [0.1, 0.15) is 43.4 Å². The fourth-order valence-corrected chi connectivity index (χ4v) is 3.23. The van der Waals surface area contributed by atoms with Gasteiger partial charge in [-0.3, -0.25) is 0 Å². The number of anilines is 1. The van der Waals surface area contributed by atoms with E-state index in [0.717, 1.165) is 30.9 Å². The number of halogens is 2. The standard InChI is InChI=1S/C17H24F2N4O/c18-17(19)8-5-14(6-9-17)23-16(24)21-11-7-13-4-3-12-2-1-10-20-15(12)22-13/h3-4,14H,1-2,5-11H2,(H,20,22)(H2,21,23,24). The number of nitrogens with zero attached hydrogens (tertiary/aromatic N) is 1. The number of fused-ring (bicyclic) bond motifs is 1. The Hall–Kier alpha value is -1.92. The molecule has 132 valence electrons. The minimum absolute atomic E-state index is 0.149. The number of urea groups is 1. The summed E-state index contributed by atoms with van der Waals surface area (Å²) in [5, 5.41) is 8.85. The van der Waals surface area contributed by atoms with Crippen molar-refractivity contribution < 1.29 is 13.6 Å². The third kappa shape index (κ3) is 4.55. The van der Waals surface area contributed by atoms with E-state index in [-0.39, 0.29) is 24.9 Å². The maximum atomic E-state index is 13.1. The van der Waals surface area contributed by atoms with Crippen molar-refractivity contribution in [2.24, 2.45) is 0 Å². The molecule has 1 aliphatic carbocycles. The van der Waals surface area contributed by atoms with E-state index in [2.05, 4.69) is 27.0 Å². The van der Waals surface area contributed by atoms with Crippen LogP contribution in [0.3, 0.4) is 0 Å². The normalized spacial score (nSPS) is 19.9. The molecule has 2 amide bonds. The molecule has 0 bridgehead atoms. The Morgan fingerprint density at radius 3 is 2.92 bits per heavy atom. The van der Waals surface area contributed by atoms with Gasteiger partial charge in [0.05, 0.1) is 0 Å². The van der Waals surface area contributed by atoms with Gasteiger partial charge in [0, 0.05) is 44.1 Å². The van der Waals surface area contributed by atoms with Crippen LogP contribution in [0.2, 0.25) is 0 Å². The largest absolute Gasteiger partial charge is 0.370 e. The van der Waals surface area contributed by atoms with Crippen molar-refractivity contribution in [3.05, 3.63) is 23.4 Å². The highest BCUT2D eigenvalue weighted by molar-refractivity contribution is 5.74. The number of aryl methyl sites for hydroxylation is 1. The van der Waals surface area contributed by atoms with Crippen molar-refractivity contribution in [2.75, 3.05) is 18.4 Å². The molecule has 0 radical (unpaired) electrons. The molecule has 1 saturated carbocycles.